The highest BCUT2D eigenvalue weighted by molar-refractivity contribution is 5.92. The Morgan fingerprint density at radius 2 is 2.04 bits per heavy atom. The molecule has 28 heavy (non-hydrogen) atoms. The van der Waals surface area contributed by atoms with Gasteiger partial charge in [-0.05, 0) is 50.5 Å². The molecule has 6 nitrogen and oxygen atoms in total. The number of ether oxygens (including phenoxy) is 3. The summed E-state index contributed by atoms with van der Waals surface area (Å²) in [5.74, 6) is 1.44. The fourth-order valence-electron chi connectivity index (χ4n) is 3.64. The van der Waals surface area contributed by atoms with Crippen molar-refractivity contribution in [2.24, 2.45) is 0 Å². The van der Waals surface area contributed by atoms with E-state index in [0.717, 1.165) is 51.3 Å². The van der Waals surface area contributed by atoms with Gasteiger partial charge in [0.1, 0.15) is 0 Å². The van der Waals surface area contributed by atoms with Gasteiger partial charge < -0.3 is 19.1 Å². The first-order valence-corrected chi connectivity index (χ1v) is 10.2. The number of rotatable bonds is 7. The van der Waals surface area contributed by atoms with E-state index in [-0.39, 0.29) is 12.0 Å². The summed E-state index contributed by atoms with van der Waals surface area (Å²) in [6.07, 6.45) is 6.27. The third-order valence-corrected chi connectivity index (χ3v) is 5.14. The lowest BCUT2D eigenvalue weighted by molar-refractivity contribution is -0.127. The number of amides is 1. The van der Waals surface area contributed by atoms with Crippen LogP contribution in [0.3, 0.4) is 0 Å². The molecule has 0 saturated carbocycles. The summed E-state index contributed by atoms with van der Waals surface area (Å²) in [4.78, 5) is 16.8. The first-order valence-electron chi connectivity index (χ1n) is 10.2. The van der Waals surface area contributed by atoms with Crippen molar-refractivity contribution in [1.29, 1.82) is 0 Å². The number of carbonyl (C=O) groups is 1. The molecule has 2 aliphatic heterocycles. The van der Waals surface area contributed by atoms with Gasteiger partial charge in [-0.3, -0.25) is 9.69 Å². The molecule has 1 amide bonds. The van der Waals surface area contributed by atoms with Crippen molar-refractivity contribution in [3.05, 3.63) is 29.8 Å². The average Bonchev–Trinajstić information content (AvgIpc) is 3.20. The van der Waals surface area contributed by atoms with Crippen molar-refractivity contribution in [3.63, 3.8) is 0 Å². The largest absolute Gasteiger partial charge is 0.493 e. The van der Waals surface area contributed by atoms with Gasteiger partial charge in [0, 0.05) is 45.4 Å². The molecule has 1 aromatic carbocycles. The quantitative estimate of drug-likeness (QED) is 0.673. The van der Waals surface area contributed by atoms with Crippen LogP contribution >= 0.6 is 0 Å². The van der Waals surface area contributed by atoms with Gasteiger partial charge in [0.2, 0.25) is 5.91 Å². The fourth-order valence-corrected chi connectivity index (χ4v) is 3.64. The van der Waals surface area contributed by atoms with E-state index in [0.29, 0.717) is 17.6 Å². The van der Waals surface area contributed by atoms with Crippen LogP contribution in [0.4, 0.5) is 0 Å². The molecule has 154 valence electrons. The molecule has 0 aliphatic carbocycles. The third-order valence-electron chi connectivity index (χ3n) is 5.14. The van der Waals surface area contributed by atoms with Crippen molar-refractivity contribution >= 4 is 12.0 Å². The summed E-state index contributed by atoms with van der Waals surface area (Å²) in [7, 11) is 1.62. The normalized spacial score (nSPS) is 20.9. The molecule has 0 aromatic heterocycles. The summed E-state index contributed by atoms with van der Waals surface area (Å²) in [5.41, 5.74) is 0.915. The van der Waals surface area contributed by atoms with Crippen LogP contribution in [-0.4, -0.2) is 74.4 Å². The maximum absolute atomic E-state index is 12.5. The molecule has 2 aliphatic rings. The van der Waals surface area contributed by atoms with Crippen LogP contribution in [0.2, 0.25) is 0 Å². The van der Waals surface area contributed by atoms with E-state index in [2.05, 4.69) is 4.90 Å². The Morgan fingerprint density at radius 3 is 2.68 bits per heavy atom. The number of hydrogen-bond acceptors (Lipinski definition) is 5. The SMILES string of the molecule is COc1cc(C=CC(=O)N2CCN(CC3CCCO3)CC2)ccc1OC(C)C. The van der Waals surface area contributed by atoms with Gasteiger partial charge in [0.25, 0.3) is 0 Å². The fraction of sp³-hybridized carbons (Fsp3) is 0.591. The first-order chi connectivity index (χ1) is 13.5. The molecular weight excluding hydrogens is 356 g/mol. The maximum Gasteiger partial charge on any atom is 0.246 e. The van der Waals surface area contributed by atoms with Gasteiger partial charge in [0.15, 0.2) is 11.5 Å². The van der Waals surface area contributed by atoms with Crippen molar-refractivity contribution in [2.75, 3.05) is 46.4 Å². The van der Waals surface area contributed by atoms with Crippen LogP contribution in [0, 0.1) is 0 Å². The second kappa shape index (κ2) is 9.94. The third kappa shape index (κ3) is 5.72. The highest BCUT2D eigenvalue weighted by Crippen LogP contribution is 2.29. The van der Waals surface area contributed by atoms with Crippen LogP contribution in [-0.2, 0) is 9.53 Å². The number of nitrogens with zero attached hydrogens (tertiary/aromatic N) is 2. The van der Waals surface area contributed by atoms with Crippen LogP contribution in [0.1, 0.15) is 32.3 Å². The van der Waals surface area contributed by atoms with Gasteiger partial charge in [-0.25, -0.2) is 0 Å². The zero-order valence-corrected chi connectivity index (χ0v) is 17.2. The highest BCUT2D eigenvalue weighted by atomic mass is 16.5. The van der Waals surface area contributed by atoms with Crippen molar-refractivity contribution in [1.82, 2.24) is 9.80 Å². The van der Waals surface area contributed by atoms with Crippen molar-refractivity contribution < 1.29 is 19.0 Å². The predicted octanol–water partition coefficient (Wildman–Crippen LogP) is 2.82. The smallest absolute Gasteiger partial charge is 0.246 e. The number of methoxy groups -OCH3 is 1. The molecule has 1 atom stereocenters. The van der Waals surface area contributed by atoms with Crippen LogP contribution in [0.5, 0.6) is 11.5 Å². The summed E-state index contributed by atoms with van der Waals surface area (Å²) in [5, 5.41) is 0. The highest BCUT2D eigenvalue weighted by Gasteiger charge is 2.24. The minimum Gasteiger partial charge on any atom is -0.493 e. The maximum atomic E-state index is 12.5. The predicted molar refractivity (Wildman–Crippen MR) is 110 cm³/mol. The molecule has 0 spiro atoms. The van der Waals surface area contributed by atoms with E-state index in [1.165, 1.54) is 6.42 Å². The van der Waals surface area contributed by atoms with Gasteiger partial charge in [0.05, 0.1) is 19.3 Å². The Kier molecular flexibility index (Phi) is 7.34. The van der Waals surface area contributed by atoms with E-state index in [4.69, 9.17) is 14.2 Å². The summed E-state index contributed by atoms with van der Waals surface area (Å²) in [6.45, 7) is 9.19. The monoisotopic (exact) mass is 388 g/mol. The number of piperazine rings is 1. The lowest BCUT2D eigenvalue weighted by Gasteiger charge is -2.35. The molecule has 2 saturated heterocycles. The van der Waals surface area contributed by atoms with E-state index in [9.17, 15) is 4.79 Å². The molecular formula is C22H32N2O4. The molecule has 3 rings (SSSR count). The zero-order valence-electron chi connectivity index (χ0n) is 17.2. The Morgan fingerprint density at radius 1 is 1.25 bits per heavy atom. The Hall–Kier alpha value is -2.05. The lowest BCUT2D eigenvalue weighted by Crippen LogP contribution is -2.50. The number of benzene rings is 1. The number of hydrogen-bond donors (Lipinski definition) is 0. The number of carbonyl (C=O) groups excluding carboxylic acids is 1. The van der Waals surface area contributed by atoms with Gasteiger partial charge in [-0.2, -0.15) is 0 Å². The van der Waals surface area contributed by atoms with Crippen molar-refractivity contribution in [2.45, 2.75) is 38.9 Å². The van der Waals surface area contributed by atoms with E-state index >= 15 is 0 Å². The van der Waals surface area contributed by atoms with Gasteiger partial charge >= 0.3 is 0 Å². The zero-order chi connectivity index (χ0) is 19.9. The minimum absolute atomic E-state index is 0.0539. The Balaban J connectivity index is 1.51. The summed E-state index contributed by atoms with van der Waals surface area (Å²) >= 11 is 0. The van der Waals surface area contributed by atoms with E-state index < -0.39 is 0 Å². The average molecular weight is 389 g/mol. The van der Waals surface area contributed by atoms with Crippen LogP contribution < -0.4 is 9.47 Å². The molecule has 1 unspecified atom stereocenters. The summed E-state index contributed by atoms with van der Waals surface area (Å²) in [6, 6.07) is 5.71. The molecule has 2 fully saturated rings. The second-order valence-electron chi connectivity index (χ2n) is 7.67. The van der Waals surface area contributed by atoms with Crippen LogP contribution in [0.25, 0.3) is 6.08 Å². The topological polar surface area (TPSA) is 51.2 Å². The molecule has 6 heteroatoms. The van der Waals surface area contributed by atoms with Crippen molar-refractivity contribution in [3.8, 4) is 11.5 Å². The second-order valence-corrected chi connectivity index (χ2v) is 7.67. The molecule has 1 aromatic rings. The first kappa shape index (κ1) is 20.7. The van der Waals surface area contributed by atoms with E-state index in [1.54, 1.807) is 13.2 Å². The van der Waals surface area contributed by atoms with E-state index in [1.807, 2.05) is 43.0 Å². The minimum atomic E-state index is 0.0539. The molecule has 0 N–H and O–H groups in total. The molecule has 0 radical (unpaired) electrons. The molecule has 0 bridgehead atoms. The Bertz CT molecular complexity index is 675. The summed E-state index contributed by atoms with van der Waals surface area (Å²) < 4.78 is 16.9. The molecule has 2 heterocycles. The van der Waals surface area contributed by atoms with Gasteiger partial charge in [-0.15, -0.1) is 0 Å². The van der Waals surface area contributed by atoms with Crippen LogP contribution in [0.15, 0.2) is 24.3 Å². The Labute approximate surface area is 168 Å². The lowest BCUT2D eigenvalue weighted by atomic mass is 10.1. The van der Waals surface area contributed by atoms with Gasteiger partial charge in [-0.1, -0.05) is 6.07 Å². The standard InChI is InChI=1S/C22H32N2O4/c1-17(2)28-20-8-6-18(15-21(20)26-3)7-9-22(25)24-12-10-23(11-13-24)16-19-5-4-14-27-19/h6-9,15,17,19H,4-5,10-14,16H2,1-3H3.